The fraction of sp³-hybridized carbons (Fsp3) is 0.455. The van der Waals surface area contributed by atoms with Crippen molar-refractivity contribution in [3.05, 3.63) is 29.6 Å². The van der Waals surface area contributed by atoms with Gasteiger partial charge in [0.2, 0.25) is 0 Å². The number of benzene rings is 1. The van der Waals surface area contributed by atoms with E-state index in [2.05, 4.69) is 0 Å². The Balaban J connectivity index is 2.77. The Morgan fingerprint density at radius 2 is 2.00 bits per heavy atom. The Morgan fingerprint density at radius 3 is 2.50 bits per heavy atom. The summed E-state index contributed by atoms with van der Waals surface area (Å²) in [5, 5.41) is 9.23. The van der Waals surface area contributed by atoms with Gasteiger partial charge in [0.1, 0.15) is 17.7 Å². The Morgan fingerprint density at radius 1 is 1.36 bits per heavy atom. The van der Waals surface area contributed by atoms with E-state index in [0.717, 1.165) is 5.56 Å². The fourth-order valence-electron chi connectivity index (χ4n) is 1.04. The normalized spacial score (nSPS) is 14.9. The quantitative estimate of drug-likeness (QED) is 0.807. The average molecular weight is 198 g/mol. The van der Waals surface area contributed by atoms with Crippen LogP contribution in [0.5, 0.6) is 5.75 Å². The van der Waals surface area contributed by atoms with Gasteiger partial charge in [0.05, 0.1) is 6.10 Å². The number of rotatable bonds is 3. The van der Waals surface area contributed by atoms with Crippen molar-refractivity contribution in [2.75, 3.05) is 0 Å². The van der Waals surface area contributed by atoms with Crippen molar-refractivity contribution in [2.45, 2.75) is 33.0 Å². The maximum atomic E-state index is 12.7. The molecule has 0 radical (unpaired) electrons. The molecule has 0 saturated carbocycles. The summed E-state index contributed by atoms with van der Waals surface area (Å²) >= 11 is 0. The summed E-state index contributed by atoms with van der Waals surface area (Å²) in [6, 6.07) is 4.32. The Hall–Kier alpha value is -1.09. The summed E-state index contributed by atoms with van der Waals surface area (Å²) in [6.45, 7) is 5.20. The number of aliphatic hydroxyl groups excluding tert-OH is 1. The predicted molar refractivity (Wildman–Crippen MR) is 52.9 cm³/mol. The van der Waals surface area contributed by atoms with Crippen molar-refractivity contribution in [2.24, 2.45) is 0 Å². The van der Waals surface area contributed by atoms with Crippen LogP contribution in [0, 0.1) is 12.7 Å². The Bertz CT molecular complexity index is 310. The van der Waals surface area contributed by atoms with Gasteiger partial charge < -0.3 is 9.84 Å². The number of aliphatic hydroxyl groups is 1. The minimum absolute atomic E-state index is 0.278. The molecule has 1 unspecified atom stereocenters. The third kappa shape index (κ3) is 2.70. The lowest BCUT2D eigenvalue weighted by atomic mass is 10.2. The molecule has 2 nitrogen and oxygen atoms in total. The third-order valence-corrected chi connectivity index (χ3v) is 2.13. The molecule has 0 heterocycles. The highest BCUT2D eigenvalue weighted by atomic mass is 19.1. The van der Waals surface area contributed by atoms with E-state index in [1.165, 1.54) is 12.1 Å². The Kier molecular flexibility index (Phi) is 3.47. The summed E-state index contributed by atoms with van der Waals surface area (Å²) in [5.41, 5.74) is 0.734. The van der Waals surface area contributed by atoms with E-state index >= 15 is 0 Å². The van der Waals surface area contributed by atoms with Gasteiger partial charge in [-0.1, -0.05) is 0 Å². The van der Waals surface area contributed by atoms with Gasteiger partial charge in [-0.05, 0) is 44.5 Å². The van der Waals surface area contributed by atoms with Crippen molar-refractivity contribution >= 4 is 0 Å². The molecule has 2 atom stereocenters. The first-order chi connectivity index (χ1) is 6.50. The number of ether oxygens (including phenoxy) is 1. The second-order valence-corrected chi connectivity index (χ2v) is 3.47. The molecule has 0 aromatic heterocycles. The van der Waals surface area contributed by atoms with Crippen LogP contribution in [0.4, 0.5) is 4.39 Å². The van der Waals surface area contributed by atoms with Crippen LogP contribution in [0.15, 0.2) is 18.2 Å². The molecule has 78 valence electrons. The molecule has 1 rings (SSSR count). The van der Waals surface area contributed by atoms with Gasteiger partial charge in [0.15, 0.2) is 0 Å². The summed E-state index contributed by atoms with van der Waals surface area (Å²) in [4.78, 5) is 0. The third-order valence-electron chi connectivity index (χ3n) is 2.13. The number of aryl methyl sites for hydroxylation is 1. The van der Waals surface area contributed by atoms with Crippen molar-refractivity contribution < 1.29 is 14.2 Å². The van der Waals surface area contributed by atoms with Gasteiger partial charge in [-0.25, -0.2) is 4.39 Å². The molecule has 0 bridgehead atoms. The molecule has 0 saturated heterocycles. The van der Waals surface area contributed by atoms with Crippen LogP contribution in [0.1, 0.15) is 19.4 Å². The SMILES string of the molecule is Cc1cc(F)ccc1OC(C)[C@H](C)O. The second kappa shape index (κ2) is 4.42. The van der Waals surface area contributed by atoms with Gasteiger partial charge >= 0.3 is 0 Å². The molecule has 0 aliphatic heterocycles. The molecular formula is C11H15FO2. The van der Waals surface area contributed by atoms with Crippen molar-refractivity contribution in [3.63, 3.8) is 0 Å². The molecule has 0 aliphatic rings. The lowest BCUT2D eigenvalue weighted by Crippen LogP contribution is -2.25. The molecule has 0 spiro atoms. The van der Waals surface area contributed by atoms with Gasteiger partial charge in [-0.2, -0.15) is 0 Å². The maximum absolute atomic E-state index is 12.7. The van der Waals surface area contributed by atoms with Gasteiger partial charge in [0, 0.05) is 0 Å². The van der Waals surface area contributed by atoms with E-state index in [1.54, 1.807) is 26.8 Å². The van der Waals surface area contributed by atoms with Crippen LogP contribution >= 0.6 is 0 Å². The second-order valence-electron chi connectivity index (χ2n) is 3.47. The van der Waals surface area contributed by atoms with Crippen molar-refractivity contribution in [3.8, 4) is 5.75 Å². The van der Waals surface area contributed by atoms with Gasteiger partial charge in [0.25, 0.3) is 0 Å². The first-order valence-corrected chi connectivity index (χ1v) is 4.61. The standard InChI is InChI=1S/C11H15FO2/c1-7-6-10(12)4-5-11(7)14-9(3)8(2)13/h4-6,8-9,13H,1-3H3/t8-,9?/m0/s1. The van der Waals surface area contributed by atoms with Crippen LogP contribution in [0.2, 0.25) is 0 Å². The van der Waals surface area contributed by atoms with Crippen molar-refractivity contribution in [1.29, 1.82) is 0 Å². The first kappa shape index (κ1) is 11.0. The number of hydrogen-bond donors (Lipinski definition) is 1. The van der Waals surface area contributed by atoms with E-state index in [0.29, 0.717) is 5.75 Å². The lowest BCUT2D eigenvalue weighted by molar-refractivity contribution is 0.0600. The highest BCUT2D eigenvalue weighted by Gasteiger charge is 2.11. The molecule has 1 aromatic carbocycles. The topological polar surface area (TPSA) is 29.5 Å². The largest absolute Gasteiger partial charge is 0.488 e. The van der Waals surface area contributed by atoms with E-state index in [-0.39, 0.29) is 11.9 Å². The van der Waals surface area contributed by atoms with E-state index in [9.17, 15) is 9.50 Å². The molecule has 1 N–H and O–H groups in total. The van der Waals surface area contributed by atoms with Crippen LogP contribution in [0.3, 0.4) is 0 Å². The lowest BCUT2D eigenvalue weighted by Gasteiger charge is -2.18. The van der Waals surface area contributed by atoms with E-state index in [1.807, 2.05) is 0 Å². The zero-order valence-electron chi connectivity index (χ0n) is 8.62. The summed E-state index contributed by atoms with van der Waals surface area (Å²) < 4.78 is 18.2. The van der Waals surface area contributed by atoms with Crippen LogP contribution in [0.25, 0.3) is 0 Å². The molecule has 0 amide bonds. The molecule has 0 aliphatic carbocycles. The van der Waals surface area contributed by atoms with Crippen molar-refractivity contribution in [1.82, 2.24) is 0 Å². The van der Waals surface area contributed by atoms with Gasteiger partial charge in [-0.3, -0.25) is 0 Å². The summed E-state index contributed by atoms with van der Waals surface area (Å²) in [7, 11) is 0. The maximum Gasteiger partial charge on any atom is 0.123 e. The van der Waals surface area contributed by atoms with Crippen LogP contribution in [-0.4, -0.2) is 17.3 Å². The molecule has 0 fully saturated rings. The molecule has 3 heteroatoms. The molecule has 1 aromatic rings. The van der Waals surface area contributed by atoms with Gasteiger partial charge in [-0.15, -0.1) is 0 Å². The summed E-state index contributed by atoms with van der Waals surface area (Å²) in [6.07, 6.45) is -0.835. The molecular weight excluding hydrogens is 183 g/mol. The zero-order valence-corrected chi connectivity index (χ0v) is 8.62. The average Bonchev–Trinajstić information content (AvgIpc) is 2.09. The first-order valence-electron chi connectivity index (χ1n) is 4.61. The van der Waals surface area contributed by atoms with Crippen LogP contribution < -0.4 is 4.74 Å². The minimum Gasteiger partial charge on any atom is -0.488 e. The van der Waals surface area contributed by atoms with E-state index in [4.69, 9.17) is 4.74 Å². The minimum atomic E-state index is -0.542. The van der Waals surface area contributed by atoms with Crippen LogP contribution in [-0.2, 0) is 0 Å². The highest BCUT2D eigenvalue weighted by Crippen LogP contribution is 2.20. The van der Waals surface area contributed by atoms with E-state index < -0.39 is 6.10 Å². The predicted octanol–water partition coefficient (Wildman–Crippen LogP) is 2.28. The molecule has 14 heavy (non-hydrogen) atoms. The summed E-state index contributed by atoms with van der Waals surface area (Å²) in [5.74, 6) is 0.333. The number of halogens is 1. The highest BCUT2D eigenvalue weighted by molar-refractivity contribution is 5.32. The Labute approximate surface area is 83.3 Å². The monoisotopic (exact) mass is 198 g/mol. The fourth-order valence-corrected chi connectivity index (χ4v) is 1.04. The smallest absolute Gasteiger partial charge is 0.123 e. The zero-order chi connectivity index (χ0) is 10.7. The number of hydrogen-bond acceptors (Lipinski definition) is 2.